The van der Waals surface area contributed by atoms with Crippen LogP contribution in [0, 0.1) is 6.92 Å². The third-order valence-electron chi connectivity index (χ3n) is 0.853. The Hall–Kier alpha value is -0.300. The molecule has 42 valence electrons. The number of hydrogen-bond acceptors (Lipinski definition) is 0. The molecule has 0 aliphatic rings. The average Bonchev–Trinajstić information content (AvgIpc) is 1.82. The van der Waals surface area contributed by atoms with E-state index >= 15 is 0 Å². The summed E-state index contributed by atoms with van der Waals surface area (Å²) in [5, 5.41) is 0. The molecule has 0 N–H and O–H groups in total. The Morgan fingerprint density at radius 3 is 2.50 bits per heavy atom. The first-order chi connectivity index (χ1) is 4.61. The smallest absolute Gasteiger partial charge is 0.0582 e. The van der Waals surface area contributed by atoms with Crippen molar-refractivity contribution >= 4 is 15.9 Å². The van der Waals surface area contributed by atoms with Crippen LogP contribution in [-0.2, 0) is 0 Å². The zero-order chi connectivity index (χ0) is 7.72. The first-order valence-corrected chi connectivity index (χ1v) is 3.14. The molecule has 1 heteroatoms. The van der Waals surface area contributed by atoms with E-state index in [1.807, 2.05) is 6.92 Å². The Labute approximate surface area is 60.5 Å². The molecular formula is C7H7Br. The van der Waals surface area contributed by atoms with Gasteiger partial charge < -0.3 is 0 Å². The van der Waals surface area contributed by atoms with Crippen molar-refractivity contribution in [3.05, 3.63) is 34.3 Å². The maximum Gasteiger partial charge on any atom is 0.0635 e. The molecule has 0 aromatic heterocycles. The number of aryl methyl sites for hydroxylation is 1. The molecule has 0 fully saturated rings. The van der Waals surface area contributed by atoms with Crippen molar-refractivity contribution in [3.63, 3.8) is 0 Å². The molecular weight excluding hydrogens is 164 g/mol. The van der Waals surface area contributed by atoms with Crippen LogP contribution in [-0.4, -0.2) is 0 Å². The molecule has 0 aliphatic carbocycles. The zero-order valence-electron chi connectivity index (χ0n) is 6.53. The molecule has 0 amide bonds. The van der Waals surface area contributed by atoms with Gasteiger partial charge in [-0.3, -0.25) is 0 Å². The van der Waals surface area contributed by atoms with Crippen molar-refractivity contribution in [2.75, 3.05) is 0 Å². The van der Waals surface area contributed by atoms with Gasteiger partial charge in [0, 0.05) is 4.47 Å². The highest BCUT2D eigenvalue weighted by Crippen LogP contribution is 2.08. The van der Waals surface area contributed by atoms with Crippen LogP contribution >= 0.6 is 15.9 Å². The van der Waals surface area contributed by atoms with E-state index in [4.69, 9.17) is 2.74 Å². The molecule has 0 aliphatic heterocycles. The summed E-state index contributed by atoms with van der Waals surface area (Å²) in [6.45, 7) is 1.88. The van der Waals surface area contributed by atoms with Gasteiger partial charge in [-0.15, -0.1) is 0 Å². The van der Waals surface area contributed by atoms with Crippen LogP contribution in [0.15, 0.2) is 28.7 Å². The van der Waals surface area contributed by atoms with Gasteiger partial charge in [0.15, 0.2) is 0 Å². The van der Waals surface area contributed by atoms with Crippen LogP contribution in [0.3, 0.4) is 0 Å². The van der Waals surface area contributed by atoms with Gasteiger partial charge in [-0.25, -0.2) is 0 Å². The molecule has 1 aromatic rings. The van der Waals surface area contributed by atoms with Crippen LogP contribution < -0.4 is 0 Å². The Kier molecular flexibility index (Phi) is 1.06. The fraction of sp³-hybridized carbons (Fsp3) is 0.143. The van der Waals surface area contributed by atoms with Crippen molar-refractivity contribution in [1.29, 1.82) is 0 Å². The Morgan fingerprint density at radius 1 is 1.50 bits per heavy atom. The van der Waals surface area contributed by atoms with E-state index < -0.39 is 0 Å². The number of rotatable bonds is 0. The monoisotopic (exact) mass is 172 g/mol. The second-order valence-corrected chi connectivity index (χ2v) is 2.43. The highest BCUT2D eigenvalue weighted by atomic mass is 79.9. The van der Waals surface area contributed by atoms with E-state index in [1.54, 1.807) is 12.1 Å². The molecule has 0 heterocycles. The minimum atomic E-state index is 0.380. The molecule has 0 saturated heterocycles. The van der Waals surface area contributed by atoms with Gasteiger partial charge in [0.25, 0.3) is 0 Å². The molecule has 0 atom stereocenters. The van der Waals surface area contributed by atoms with Crippen molar-refractivity contribution in [1.82, 2.24) is 0 Å². The van der Waals surface area contributed by atoms with Crippen LogP contribution in [0.4, 0.5) is 0 Å². The van der Waals surface area contributed by atoms with Gasteiger partial charge in [-0.05, 0) is 19.0 Å². The van der Waals surface area contributed by atoms with Crippen LogP contribution in [0.5, 0.6) is 0 Å². The maximum absolute atomic E-state index is 7.33. The first-order valence-electron chi connectivity index (χ1n) is 3.34. The van der Waals surface area contributed by atoms with E-state index in [0.29, 0.717) is 16.6 Å². The van der Waals surface area contributed by atoms with Crippen LogP contribution in [0.2, 0.25) is 0 Å². The molecule has 0 saturated carbocycles. The summed E-state index contributed by atoms with van der Waals surface area (Å²) in [7, 11) is 0. The predicted octanol–water partition coefficient (Wildman–Crippen LogP) is 2.76. The number of benzene rings is 1. The van der Waals surface area contributed by atoms with Crippen molar-refractivity contribution in [3.8, 4) is 0 Å². The van der Waals surface area contributed by atoms with Crippen LogP contribution in [0.1, 0.15) is 8.30 Å². The minimum absolute atomic E-state index is 0.380. The molecule has 1 aromatic carbocycles. The van der Waals surface area contributed by atoms with Crippen molar-refractivity contribution < 1.29 is 2.74 Å². The summed E-state index contributed by atoms with van der Waals surface area (Å²) < 4.78 is 15.2. The van der Waals surface area contributed by atoms with E-state index in [1.165, 1.54) is 0 Å². The SMILES string of the molecule is [2H]c1cc(C)cc([2H])c1Br. The average molecular weight is 173 g/mol. The predicted molar refractivity (Wildman–Crippen MR) is 38.9 cm³/mol. The Bertz CT molecular complexity index is 235. The summed E-state index contributed by atoms with van der Waals surface area (Å²) in [5.41, 5.74) is 0.957. The fourth-order valence-corrected chi connectivity index (χ4v) is 0.667. The summed E-state index contributed by atoms with van der Waals surface area (Å²) >= 11 is 3.14. The second-order valence-electron chi connectivity index (χ2n) is 1.64. The summed E-state index contributed by atoms with van der Waals surface area (Å²) in [6, 6.07) is 4.21. The quantitative estimate of drug-likeness (QED) is 0.565. The topological polar surface area (TPSA) is 0 Å². The largest absolute Gasteiger partial charge is 0.0635 e. The van der Waals surface area contributed by atoms with Gasteiger partial charge in [0.1, 0.15) is 0 Å². The van der Waals surface area contributed by atoms with E-state index in [9.17, 15) is 0 Å². The van der Waals surface area contributed by atoms with Gasteiger partial charge in [-0.1, -0.05) is 33.6 Å². The van der Waals surface area contributed by atoms with Crippen molar-refractivity contribution in [2.24, 2.45) is 0 Å². The lowest BCUT2D eigenvalue weighted by atomic mass is 10.2. The lowest BCUT2D eigenvalue weighted by Crippen LogP contribution is -1.66. The highest BCUT2D eigenvalue weighted by molar-refractivity contribution is 9.10. The van der Waals surface area contributed by atoms with Crippen LogP contribution in [0.25, 0.3) is 0 Å². The Balaban J connectivity index is 3.31. The lowest BCUT2D eigenvalue weighted by Gasteiger charge is -1.88. The Morgan fingerprint density at radius 2 is 2.00 bits per heavy atom. The molecule has 0 bridgehead atoms. The highest BCUT2D eigenvalue weighted by Gasteiger charge is 1.81. The molecule has 0 nitrogen and oxygen atoms in total. The fourth-order valence-electron chi connectivity index (χ4n) is 0.438. The van der Waals surface area contributed by atoms with E-state index in [2.05, 4.69) is 15.9 Å². The lowest BCUT2D eigenvalue weighted by molar-refractivity contribution is 1.46. The summed E-state index contributed by atoms with van der Waals surface area (Å²) in [6.07, 6.45) is 0. The molecule has 1 rings (SSSR count). The zero-order valence-corrected chi connectivity index (χ0v) is 6.12. The van der Waals surface area contributed by atoms with Gasteiger partial charge in [0.2, 0.25) is 0 Å². The normalized spacial score (nSPS) is 12.8. The van der Waals surface area contributed by atoms with Gasteiger partial charge in [-0.2, -0.15) is 0 Å². The minimum Gasteiger partial charge on any atom is -0.0582 e. The van der Waals surface area contributed by atoms with E-state index in [-0.39, 0.29) is 0 Å². The van der Waals surface area contributed by atoms with Gasteiger partial charge in [0.05, 0.1) is 2.74 Å². The molecule has 0 spiro atoms. The summed E-state index contributed by atoms with van der Waals surface area (Å²) in [5.74, 6) is 0. The first kappa shape index (κ1) is 3.67. The number of hydrogen-bond donors (Lipinski definition) is 0. The summed E-state index contributed by atoms with van der Waals surface area (Å²) in [4.78, 5) is 0. The molecule has 0 unspecified atom stereocenters. The van der Waals surface area contributed by atoms with Gasteiger partial charge >= 0.3 is 0 Å². The van der Waals surface area contributed by atoms with Crippen molar-refractivity contribution in [2.45, 2.75) is 6.92 Å². The third-order valence-corrected chi connectivity index (χ3v) is 1.31. The standard InChI is InChI=1S/C7H7Br/c1-6-2-4-7(8)5-3-6/h2-5H,1H3/i4D,5D. The molecule has 8 heavy (non-hydrogen) atoms. The maximum atomic E-state index is 7.33. The molecule has 0 radical (unpaired) electrons. The third kappa shape index (κ3) is 1.34. The number of halogens is 1. The van der Waals surface area contributed by atoms with E-state index in [0.717, 1.165) is 5.56 Å². The second kappa shape index (κ2) is 2.31.